The highest BCUT2D eigenvalue weighted by Crippen LogP contribution is 2.41. The number of likely N-dealkylation sites (tertiary alicyclic amines) is 1. The molecule has 3 aliphatic rings. The minimum atomic E-state index is 0.147. The van der Waals surface area contributed by atoms with Crippen molar-refractivity contribution in [1.82, 2.24) is 4.90 Å². The first-order valence-corrected chi connectivity index (χ1v) is 9.12. The van der Waals surface area contributed by atoms with Crippen LogP contribution in [-0.4, -0.2) is 43.0 Å². The third-order valence-electron chi connectivity index (χ3n) is 5.76. The Morgan fingerprint density at radius 3 is 2.35 bits per heavy atom. The first kappa shape index (κ1) is 15.0. The van der Waals surface area contributed by atoms with Crippen molar-refractivity contribution in [2.45, 2.75) is 38.1 Å². The maximum atomic E-state index is 12.7. The Balaban J connectivity index is 1.42. The quantitative estimate of drug-likeness (QED) is 0.933. The highest BCUT2D eigenvalue weighted by Gasteiger charge is 2.42. The number of carbonyl (C=O) groups is 1. The zero-order valence-corrected chi connectivity index (χ0v) is 13.8. The highest BCUT2D eigenvalue weighted by atomic mass is 16.2. The Bertz CT molecular complexity index is 560. The first-order chi connectivity index (χ1) is 11.2. The lowest BCUT2D eigenvalue weighted by atomic mass is 9.99. The zero-order valence-electron chi connectivity index (χ0n) is 13.8. The van der Waals surface area contributed by atoms with Crippen LogP contribution in [0.3, 0.4) is 0 Å². The fraction of sp³-hybridized carbons (Fsp3) is 0.632. The van der Waals surface area contributed by atoms with Gasteiger partial charge >= 0.3 is 0 Å². The van der Waals surface area contributed by atoms with E-state index in [-0.39, 0.29) is 11.9 Å². The Labute approximate surface area is 138 Å². The molecule has 0 radical (unpaired) electrons. The van der Waals surface area contributed by atoms with Gasteiger partial charge in [0, 0.05) is 43.5 Å². The van der Waals surface area contributed by atoms with Crippen LogP contribution < -0.4 is 10.6 Å². The molecule has 1 saturated carbocycles. The van der Waals surface area contributed by atoms with Crippen LogP contribution in [0.5, 0.6) is 0 Å². The number of anilines is 1. The third kappa shape index (κ3) is 3.09. The number of piperidine rings is 1. The second-order valence-electron chi connectivity index (χ2n) is 7.47. The van der Waals surface area contributed by atoms with Crippen LogP contribution in [0.15, 0.2) is 24.3 Å². The Morgan fingerprint density at radius 2 is 1.70 bits per heavy atom. The van der Waals surface area contributed by atoms with Gasteiger partial charge in [0.05, 0.1) is 0 Å². The molecule has 0 unspecified atom stereocenters. The zero-order chi connectivity index (χ0) is 15.8. The standard InChI is InChI=1S/C19H27N3O/c20-18-13-22(12-17(18)14-4-5-14)19(23)15-6-8-16(9-7-15)21-10-2-1-3-11-21/h6-9,14,17-18H,1-5,10-13,20H2/t17-,18+/m0/s1. The molecule has 0 aromatic heterocycles. The molecule has 1 amide bonds. The third-order valence-corrected chi connectivity index (χ3v) is 5.76. The van der Waals surface area contributed by atoms with Gasteiger partial charge in [-0.2, -0.15) is 0 Å². The van der Waals surface area contributed by atoms with E-state index in [1.807, 2.05) is 17.0 Å². The fourth-order valence-corrected chi connectivity index (χ4v) is 4.19. The van der Waals surface area contributed by atoms with E-state index in [0.29, 0.717) is 12.5 Å². The van der Waals surface area contributed by atoms with E-state index in [1.165, 1.54) is 37.8 Å². The number of benzene rings is 1. The summed E-state index contributed by atoms with van der Waals surface area (Å²) >= 11 is 0. The number of amides is 1. The Hall–Kier alpha value is -1.55. The molecule has 1 aromatic carbocycles. The second-order valence-corrected chi connectivity index (χ2v) is 7.47. The van der Waals surface area contributed by atoms with Gasteiger partial charge in [-0.3, -0.25) is 4.79 Å². The van der Waals surface area contributed by atoms with Crippen LogP contribution in [0.1, 0.15) is 42.5 Å². The van der Waals surface area contributed by atoms with Gasteiger partial charge in [-0.05, 0) is 68.2 Å². The Kier molecular flexibility index (Phi) is 4.02. The molecule has 23 heavy (non-hydrogen) atoms. The van der Waals surface area contributed by atoms with Gasteiger partial charge in [-0.25, -0.2) is 0 Å². The van der Waals surface area contributed by atoms with Crippen molar-refractivity contribution in [1.29, 1.82) is 0 Å². The maximum absolute atomic E-state index is 12.7. The van der Waals surface area contributed by atoms with Gasteiger partial charge in [0.15, 0.2) is 0 Å². The van der Waals surface area contributed by atoms with Crippen LogP contribution in [0.4, 0.5) is 5.69 Å². The summed E-state index contributed by atoms with van der Waals surface area (Å²) in [6.07, 6.45) is 6.48. The lowest BCUT2D eigenvalue weighted by molar-refractivity contribution is 0.0785. The van der Waals surface area contributed by atoms with E-state index in [0.717, 1.165) is 31.1 Å². The summed E-state index contributed by atoms with van der Waals surface area (Å²) in [5.41, 5.74) is 8.29. The number of carbonyl (C=O) groups excluding carboxylic acids is 1. The first-order valence-electron chi connectivity index (χ1n) is 9.12. The van der Waals surface area contributed by atoms with E-state index >= 15 is 0 Å². The van der Waals surface area contributed by atoms with Crippen LogP contribution in [0.25, 0.3) is 0 Å². The second kappa shape index (κ2) is 6.16. The molecule has 0 spiro atoms. The summed E-state index contributed by atoms with van der Waals surface area (Å²) in [4.78, 5) is 17.1. The smallest absolute Gasteiger partial charge is 0.253 e. The number of hydrogen-bond acceptors (Lipinski definition) is 3. The highest BCUT2D eigenvalue weighted by molar-refractivity contribution is 5.94. The van der Waals surface area contributed by atoms with Crippen molar-refractivity contribution in [2.75, 3.05) is 31.1 Å². The molecule has 124 valence electrons. The summed E-state index contributed by atoms with van der Waals surface area (Å²) in [6.45, 7) is 3.83. The van der Waals surface area contributed by atoms with Gasteiger partial charge < -0.3 is 15.5 Å². The molecule has 1 aliphatic carbocycles. The van der Waals surface area contributed by atoms with E-state index in [9.17, 15) is 4.79 Å². The average molecular weight is 313 g/mol. The van der Waals surface area contributed by atoms with Gasteiger partial charge in [-0.15, -0.1) is 0 Å². The predicted octanol–water partition coefficient (Wildman–Crippen LogP) is 2.49. The normalized spacial score (nSPS) is 28.2. The molecule has 0 bridgehead atoms. The summed E-state index contributed by atoms with van der Waals surface area (Å²) < 4.78 is 0. The fourth-order valence-electron chi connectivity index (χ4n) is 4.19. The van der Waals surface area contributed by atoms with Gasteiger partial charge in [0.1, 0.15) is 0 Å². The minimum absolute atomic E-state index is 0.147. The van der Waals surface area contributed by atoms with Crippen molar-refractivity contribution in [3.63, 3.8) is 0 Å². The predicted molar refractivity (Wildman–Crippen MR) is 92.6 cm³/mol. The topological polar surface area (TPSA) is 49.6 Å². The molecule has 3 fully saturated rings. The largest absolute Gasteiger partial charge is 0.372 e. The van der Waals surface area contributed by atoms with Crippen LogP contribution in [-0.2, 0) is 0 Å². The number of hydrogen-bond donors (Lipinski definition) is 1. The molecule has 1 aromatic rings. The van der Waals surface area contributed by atoms with E-state index in [4.69, 9.17) is 5.73 Å². The van der Waals surface area contributed by atoms with Crippen molar-refractivity contribution >= 4 is 11.6 Å². The summed E-state index contributed by atoms with van der Waals surface area (Å²) in [5.74, 6) is 1.43. The number of rotatable bonds is 3. The molecule has 2 N–H and O–H groups in total. The Morgan fingerprint density at radius 1 is 1.00 bits per heavy atom. The summed E-state index contributed by atoms with van der Waals surface area (Å²) in [7, 11) is 0. The van der Waals surface area contributed by atoms with Crippen molar-refractivity contribution in [2.24, 2.45) is 17.6 Å². The van der Waals surface area contributed by atoms with Crippen LogP contribution in [0, 0.1) is 11.8 Å². The molecular weight excluding hydrogens is 286 g/mol. The lowest BCUT2D eigenvalue weighted by Crippen LogP contribution is -2.32. The molecule has 2 aliphatic heterocycles. The van der Waals surface area contributed by atoms with Crippen molar-refractivity contribution in [3.8, 4) is 0 Å². The molecule has 2 atom stereocenters. The molecule has 4 rings (SSSR count). The van der Waals surface area contributed by atoms with Gasteiger partial charge in [0.2, 0.25) is 0 Å². The van der Waals surface area contributed by atoms with E-state index in [1.54, 1.807) is 0 Å². The van der Waals surface area contributed by atoms with E-state index < -0.39 is 0 Å². The monoisotopic (exact) mass is 313 g/mol. The number of nitrogens with zero attached hydrogens (tertiary/aromatic N) is 2. The maximum Gasteiger partial charge on any atom is 0.253 e. The molecule has 4 nitrogen and oxygen atoms in total. The summed E-state index contributed by atoms with van der Waals surface area (Å²) in [5, 5.41) is 0. The SMILES string of the molecule is N[C@@H]1CN(C(=O)c2ccc(N3CCCCC3)cc2)C[C@H]1C1CC1. The van der Waals surface area contributed by atoms with Gasteiger partial charge in [-0.1, -0.05) is 0 Å². The molecular formula is C19H27N3O. The average Bonchev–Trinajstić information content (AvgIpc) is 3.37. The van der Waals surface area contributed by atoms with Crippen LogP contribution >= 0.6 is 0 Å². The van der Waals surface area contributed by atoms with E-state index in [2.05, 4.69) is 17.0 Å². The molecule has 2 heterocycles. The summed E-state index contributed by atoms with van der Waals surface area (Å²) in [6, 6.07) is 8.35. The number of nitrogens with two attached hydrogens (primary N) is 1. The van der Waals surface area contributed by atoms with Crippen molar-refractivity contribution in [3.05, 3.63) is 29.8 Å². The molecule has 2 saturated heterocycles. The van der Waals surface area contributed by atoms with Crippen molar-refractivity contribution < 1.29 is 4.79 Å². The van der Waals surface area contributed by atoms with Gasteiger partial charge in [0.25, 0.3) is 5.91 Å². The molecule has 4 heteroatoms. The van der Waals surface area contributed by atoms with Crippen LogP contribution in [0.2, 0.25) is 0 Å². The lowest BCUT2D eigenvalue weighted by Gasteiger charge is -2.29. The minimum Gasteiger partial charge on any atom is -0.372 e.